The van der Waals surface area contributed by atoms with Crippen LogP contribution in [0.25, 0.3) is 0 Å². The van der Waals surface area contributed by atoms with Crippen LogP contribution in [0.3, 0.4) is 0 Å². The summed E-state index contributed by atoms with van der Waals surface area (Å²) >= 11 is 1.26. The highest BCUT2D eigenvalue weighted by Gasteiger charge is 2.42. The topological polar surface area (TPSA) is 103 Å². The lowest BCUT2D eigenvalue weighted by molar-refractivity contribution is -0.125. The zero-order valence-corrected chi connectivity index (χ0v) is 22.3. The molecule has 194 valence electrons. The summed E-state index contributed by atoms with van der Waals surface area (Å²) in [5.41, 5.74) is 3.27. The minimum absolute atomic E-state index is 0.0751. The number of hydrogen-bond acceptors (Lipinski definition) is 6. The summed E-state index contributed by atoms with van der Waals surface area (Å²) in [5, 5.41) is 5.85. The average Bonchev–Trinajstić information content (AvgIpc) is 3.22. The van der Waals surface area contributed by atoms with Crippen LogP contribution in [0.15, 0.2) is 58.5 Å². The first-order chi connectivity index (χ1) is 17.9. The standard InChI is InChI=1S/C28H33N5O3S/c1-4-6-16-29-24(34)15-14-22-27(36)33-25(31-22)20-12-7-8-13-21(20)32-28(33)37-23(5-2)26(35)30-19-11-9-10-18(3)17-19/h7-13,17,22-23H,4-6,14-16H2,1-3H3,(H,29,34)(H,30,35)/t22-,23+/m0/s1. The van der Waals surface area contributed by atoms with Gasteiger partial charge in [0.1, 0.15) is 11.9 Å². The fraction of sp³-hybridized carbons (Fsp3) is 0.393. The Labute approximate surface area is 222 Å². The Hall–Kier alpha value is -3.46. The van der Waals surface area contributed by atoms with Crippen LogP contribution in [-0.4, -0.2) is 51.5 Å². The van der Waals surface area contributed by atoms with E-state index in [1.807, 2.05) is 62.4 Å². The Morgan fingerprint density at radius 2 is 1.95 bits per heavy atom. The van der Waals surface area contributed by atoms with E-state index in [0.29, 0.717) is 36.1 Å². The molecule has 0 aliphatic carbocycles. The van der Waals surface area contributed by atoms with Crippen molar-refractivity contribution in [3.63, 3.8) is 0 Å². The molecule has 2 aliphatic heterocycles. The number of aryl methyl sites for hydroxylation is 1. The van der Waals surface area contributed by atoms with E-state index >= 15 is 0 Å². The lowest BCUT2D eigenvalue weighted by atomic mass is 10.1. The molecule has 37 heavy (non-hydrogen) atoms. The van der Waals surface area contributed by atoms with Crippen molar-refractivity contribution in [3.05, 3.63) is 59.7 Å². The van der Waals surface area contributed by atoms with Gasteiger partial charge in [-0.2, -0.15) is 0 Å². The maximum absolute atomic E-state index is 13.5. The first kappa shape index (κ1) is 26.6. The third kappa shape index (κ3) is 6.28. The first-order valence-corrected chi connectivity index (χ1v) is 13.7. The smallest absolute Gasteiger partial charge is 0.259 e. The second-order valence-electron chi connectivity index (χ2n) is 9.17. The first-order valence-electron chi connectivity index (χ1n) is 12.8. The Morgan fingerprint density at radius 3 is 2.70 bits per heavy atom. The van der Waals surface area contributed by atoms with E-state index in [0.717, 1.165) is 29.7 Å². The van der Waals surface area contributed by atoms with Crippen LogP contribution in [0, 0.1) is 6.92 Å². The van der Waals surface area contributed by atoms with E-state index in [1.54, 1.807) is 0 Å². The van der Waals surface area contributed by atoms with Gasteiger partial charge in [0.05, 0.1) is 10.9 Å². The van der Waals surface area contributed by atoms with E-state index in [1.165, 1.54) is 16.7 Å². The number of fused-ring (bicyclic) bond motifs is 3. The molecule has 9 heteroatoms. The number of anilines is 1. The van der Waals surface area contributed by atoms with Gasteiger partial charge in [0.25, 0.3) is 5.91 Å². The van der Waals surface area contributed by atoms with Crippen molar-refractivity contribution in [2.75, 3.05) is 11.9 Å². The lowest BCUT2D eigenvalue weighted by Gasteiger charge is -2.27. The number of amidine groups is 2. The van der Waals surface area contributed by atoms with Crippen molar-refractivity contribution in [2.24, 2.45) is 9.98 Å². The minimum Gasteiger partial charge on any atom is -0.356 e. The number of hydrogen-bond donors (Lipinski definition) is 2. The number of benzene rings is 2. The fourth-order valence-corrected chi connectivity index (χ4v) is 5.25. The van der Waals surface area contributed by atoms with Crippen LogP contribution in [-0.2, 0) is 14.4 Å². The van der Waals surface area contributed by atoms with Crippen LogP contribution < -0.4 is 10.6 Å². The summed E-state index contributed by atoms with van der Waals surface area (Å²) in [6.45, 7) is 6.62. The third-order valence-electron chi connectivity index (χ3n) is 6.24. The summed E-state index contributed by atoms with van der Waals surface area (Å²) in [6.07, 6.45) is 3.03. The zero-order valence-electron chi connectivity index (χ0n) is 21.5. The van der Waals surface area contributed by atoms with Gasteiger partial charge in [0.2, 0.25) is 11.8 Å². The Bertz CT molecular complexity index is 1240. The molecule has 0 spiro atoms. The van der Waals surface area contributed by atoms with Crippen molar-refractivity contribution in [2.45, 2.75) is 64.2 Å². The van der Waals surface area contributed by atoms with Crippen LogP contribution >= 0.6 is 11.8 Å². The molecule has 0 bridgehead atoms. The monoisotopic (exact) mass is 519 g/mol. The molecule has 8 nitrogen and oxygen atoms in total. The zero-order chi connectivity index (χ0) is 26.4. The molecular formula is C28H33N5O3S. The Morgan fingerprint density at radius 1 is 1.14 bits per heavy atom. The van der Waals surface area contributed by atoms with Gasteiger partial charge in [-0.25, -0.2) is 9.89 Å². The molecule has 2 aromatic carbocycles. The SMILES string of the molecule is CCCCNC(=O)CC[C@@H]1N=C2c3ccccc3N=C(S[C@H](CC)C(=O)Nc3cccc(C)c3)N2C1=O. The quantitative estimate of drug-likeness (QED) is 0.440. The fourth-order valence-electron chi connectivity index (χ4n) is 4.23. The molecule has 2 N–H and O–H groups in total. The summed E-state index contributed by atoms with van der Waals surface area (Å²) < 4.78 is 0. The van der Waals surface area contributed by atoms with Crippen molar-refractivity contribution < 1.29 is 14.4 Å². The second-order valence-corrected chi connectivity index (χ2v) is 10.3. The summed E-state index contributed by atoms with van der Waals surface area (Å²) in [6, 6.07) is 14.5. The molecule has 3 amide bonds. The summed E-state index contributed by atoms with van der Waals surface area (Å²) in [5.74, 6) is 0.0911. The van der Waals surface area contributed by atoms with E-state index in [9.17, 15) is 14.4 Å². The average molecular weight is 520 g/mol. The predicted molar refractivity (Wildman–Crippen MR) is 149 cm³/mol. The number of nitrogens with one attached hydrogen (secondary N) is 2. The molecule has 4 rings (SSSR count). The number of rotatable bonds is 10. The molecule has 2 heterocycles. The van der Waals surface area contributed by atoms with Gasteiger partial charge in [0.15, 0.2) is 5.17 Å². The van der Waals surface area contributed by atoms with E-state index < -0.39 is 11.3 Å². The van der Waals surface area contributed by atoms with Gasteiger partial charge in [-0.05, 0) is 56.0 Å². The van der Waals surface area contributed by atoms with Crippen molar-refractivity contribution >= 4 is 51.9 Å². The van der Waals surface area contributed by atoms with Gasteiger partial charge in [-0.1, -0.05) is 56.3 Å². The van der Waals surface area contributed by atoms with E-state index in [-0.39, 0.29) is 24.1 Å². The molecule has 2 aliphatic rings. The number of carbonyl (C=O) groups excluding carboxylic acids is 3. The third-order valence-corrected chi connectivity index (χ3v) is 7.56. The molecule has 2 aromatic rings. The Balaban J connectivity index is 1.52. The van der Waals surface area contributed by atoms with Gasteiger partial charge >= 0.3 is 0 Å². The van der Waals surface area contributed by atoms with E-state index in [2.05, 4.69) is 17.6 Å². The summed E-state index contributed by atoms with van der Waals surface area (Å²) in [4.78, 5) is 49.9. The molecule has 0 radical (unpaired) electrons. The number of carbonyl (C=O) groups is 3. The minimum atomic E-state index is -0.662. The van der Waals surface area contributed by atoms with Gasteiger partial charge < -0.3 is 10.6 Å². The van der Waals surface area contributed by atoms with Crippen molar-refractivity contribution in [1.29, 1.82) is 0 Å². The number of amides is 3. The van der Waals surface area contributed by atoms with Gasteiger partial charge in [-0.3, -0.25) is 19.4 Å². The van der Waals surface area contributed by atoms with Gasteiger partial charge in [0, 0.05) is 24.2 Å². The highest BCUT2D eigenvalue weighted by Crippen LogP contribution is 2.36. The van der Waals surface area contributed by atoms with Crippen LogP contribution in [0.5, 0.6) is 0 Å². The summed E-state index contributed by atoms with van der Waals surface area (Å²) in [7, 11) is 0. The van der Waals surface area contributed by atoms with Crippen molar-refractivity contribution in [3.8, 4) is 0 Å². The number of aliphatic imine (C=N–C) groups is 2. The number of nitrogens with zero attached hydrogens (tertiary/aromatic N) is 3. The van der Waals surface area contributed by atoms with Crippen LogP contribution in [0.2, 0.25) is 0 Å². The number of unbranched alkanes of at least 4 members (excludes halogenated alkanes) is 1. The van der Waals surface area contributed by atoms with Crippen LogP contribution in [0.1, 0.15) is 57.1 Å². The predicted octanol–water partition coefficient (Wildman–Crippen LogP) is 4.80. The van der Waals surface area contributed by atoms with Crippen LogP contribution in [0.4, 0.5) is 11.4 Å². The lowest BCUT2D eigenvalue weighted by Crippen LogP contribution is -2.42. The molecular weight excluding hydrogens is 486 g/mol. The number of para-hydroxylation sites is 1. The molecule has 0 aromatic heterocycles. The maximum atomic E-state index is 13.5. The largest absolute Gasteiger partial charge is 0.356 e. The van der Waals surface area contributed by atoms with Crippen molar-refractivity contribution in [1.82, 2.24) is 10.2 Å². The highest BCUT2D eigenvalue weighted by atomic mass is 32.2. The molecule has 0 fully saturated rings. The van der Waals surface area contributed by atoms with Gasteiger partial charge in [-0.15, -0.1) is 0 Å². The maximum Gasteiger partial charge on any atom is 0.259 e. The molecule has 0 saturated carbocycles. The molecule has 0 saturated heterocycles. The van der Waals surface area contributed by atoms with E-state index in [4.69, 9.17) is 9.98 Å². The highest BCUT2D eigenvalue weighted by molar-refractivity contribution is 8.15. The Kier molecular flexibility index (Phi) is 8.76. The molecule has 0 unspecified atom stereocenters. The normalized spacial score (nSPS) is 16.9. The second kappa shape index (κ2) is 12.2. The number of thioether (sulfide) groups is 1. The molecule has 2 atom stereocenters.